The number of aliphatic hydroxyl groups is 1. The molecule has 0 spiro atoms. The monoisotopic (exact) mass is 188 g/mol. The van der Waals surface area contributed by atoms with Gasteiger partial charge in [0.2, 0.25) is 5.91 Å². The molecule has 0 aromatic rings. The second-order valence-corrected chi connectivity index (χ2v) is 3.63. The summed E-state index contributed by atoms with van der Waals surface area (Å²) in [6.45, 7) is 4.10. The lowest BCUT2D eigenvalue weighted by molar-refractivity contribution is -0.130. The molecule has 0 radical (unpaired) electrons. The maximum absolute atomic E-state index is 11.3. The summed E-state index contributed by atoms with van der Waals surface area (Å²) in [5.41, 5.74) is 5.49. The van der Waals surface area contributed by atoms with Gasteiger partial charge < -0.3 is 15.7 Å². The Morgan fingerprint density at radius 3 is 2.46 bits per heavy atom. The fourth-order valence-corrected chi connectivity index (χ4v) is 0.936. The van der Waals surface area contributed by atoms with E-state index < -0.39 is 0 Å². The van der Waals surface area contributed by atoms with Crippen LogP contribution in [0.5, 0.6) is 0 Å². The van der Waals surface area contributed by atoms with Crippen molar-refractivity contribution in [2.24, 2.45) is 5.73 Å². The molecule has 2 unspecified atom stereocenters. The molecule has 0 rings (SSSR count). The molecule has 13 heavy (non-hydrogen) atoms. The van der Waals surface area contributed by atoms with Crippen LogP contribution in [0.2, 0.25) is 0 Å². The number of hydrogen-bond acceptors (Lipinski definition) is 3. The summed E-state index contributed by atoms with van der Waals surface area (Å²) in [5, 5.41) is 9.00. The zero-order chi connectivity index (χ0) is 10.4. The molecule has 0 aliphatic carbocycles. The minimum absolute atomic E-state index is 0.0376. The second kappa shape index (κ2) is 5.94. The Balaban J connectivity index is 3.69. The lowest BCUT2D eigenvalue weighted by atomic mass is 10.2. The van der Waals surface area contributed by atoms with Crippen LogP contribution >= 0.6 is 0 Å². The molecule has 0 bridgehead atoms. The van der Waals surface area contributed by atoms with Crippen molar-refractivity contribution >= 4 is 5.91 Å². The summed E-state index contributed by atoms with van der Waals surface area (Å²) in [6.07, 6.45) is 0.628. The first-order valence-corrected chi connectivity index (χ1v) is 4.61. The Morgan fingerprint density at radius 1 is 1.54 bits per heavy atom. The SMILES string of the molecule is CC(N)CC(=O)N(C)CCC(C)O. The van der Waals surface area contributed by atoms with E-state index in [1.54, 1.807) is 25.8 Å². The summed E-state index contributed by atoms with van der Waals surface area (Å²) in [5.74, 6) is 0.0376. The van der Waals surface area contributed by atoms with Gasteiger partial charge in [0.05, 0.1) is 6.10 Å². The van der Waals surface area contributed by atoms with Crippen LogP contribution < -0.4 is 5.73 Å². The second-order valence-electron chi connectivity index (χ2n) is 3.63. The van der Waals surface area contributed by atoms with Crippen LogP contribution in [0.25, 0.3) is 0 Å². The van der Waals surface area contributed by atoms with E-state index in [-0.39, 0.29) is 18.1 Å². The third kappa shape index (κ3) is 6.54. The minimum atomic E-state index is -0.356. The highest BCUT2D eigenvalue weighted by atomic mass is 16.3. The van der Waals surface area contributed by atoms with Crippen molar-refractivity contribution in [2.75, 3.05) is 13.6 Å². The van der Waals surface area contributed by atoms with Crippen molar-refractivity contribution < 1.29 is 9.90 Å². The van der Waals surface area contributed by atoms with Gasteiger partial charge >= 0.3 is 0 Å². The molecular formula is C9H20N2O2. The molecule has 0 saturated carbocycles. The van der Waals surface area contributed by atoms with Crippen LogP contribution in [0.15, 0.2) is 0 Å². The van der Waals surface area contributed by atoms with Gasteiger partial charge in [0.15, 0.2) is 0 Å². The van der Waals surface area contributed by atoms with Gasteiger partial charge in [-0.2, -0.15) is 0 Å². The van der Waals surface area contributed by atoms with Crippen molar-refractivity contribution in [1.29, 1.82) is 0 Å². The Hall–Kier alpha value is -0.610. The van der Waals surface area contributed by atoms with Gasteiger partial charge in [-0.3, -0.25) is 4.79 Å². The Labute approximate surface area is 79.7 Å². The average molecular weight is 188 g/mol. The van der Waals surface area contributed by atoms with E-state index in [1.165, 1.54) is 0 Å². The van der Waals surface area contributed by atoms with Crippen molar-refractivity contribution in [3.8, 4) is 0 Å². The Kier molecular flexibility index (Phi) is 5.66. The predicted octanol–water partition coefficient (Wildman–Crippen LogP) is -0.0470. The zero-order valence-corrected chi connectivity index (χ0v) is 8.66. The minimum Gasteiger partial charge on any atom is -0.393 e. The lowest BCUT2D eigenvalue weighted by Gasteiger charge is -2.18. The molecule has 78 valence electrons. The molecule has 4 heteroatoms. The van der Waals surface area contributed by atoms with Crippen LogP contribution in [-0.2, 0) is 4.79 Å². The number of carbonyl (C=O) groups excluding carboxylic acids is 1. The molecule has 0 aromatic carbocycles. The van der Waals surface area contributed by atoms with Gasteiger partial charge in [0.25, 0.3) is 0 Å². The molecule has 0 aliphatic rings. The summed E-state index contributed by atoms with van der Waals surface area (Å²) in [7, 11) is 1.73. The van der Waals surface area contributed by atoms with E-state index in [9.17, 15) is 4.79 Å². The van der Waals surface area contributed by atoms with Gasteiger partial charge in [-0.25, -0.2) is 0 Å². The molecule has 2 atom stereocenters. The van der Waals surface area contributed by atoms with Gasteiger partial charge in [0.1, 0.15) is 0 Å². The largest absolute Gasteiger partial charge is 0.393 e. The molecule has 0 saturated heterocycles. The fraction of sp³-hybridized carbons (Fsp3) is 0.889. The first kappa shape index (κ1) is 12.4. The topological polar surface area (TPSA) is 66.6 Å². The van der Waals surface area contributed by atoms with E-state index in [1.807, 2.05) is 0 Å². The summed E-state index contributed by atoms with van der Waals surface area (Å²) >= 11 is 0. The number of nitrogens with two attached hydrogens (primary N) is 1. The smallest absolute Gasteiger partial charge is 0.223 e. The van der Waals surface area contributed by atoms with E-state index in [4.69, 9.17) is 10.8 Å². The molecule has 0 aliphatic heterocycles. The highest BCUT2D eigenvalue weighted by molar-refractivity contribution is 5.76. The standard InChI is InChI=1S/C9H20N2O2/c1-7(10)6-9(13)11(3)5-4-8(2)12/h7-8,12H,4-6,10H2,1-3H3. The van der Waals surface area contributed by atoms with Crippen molar-refractivity contribution in [1.82, 2.24) is 4.90 Å². The normalized spacial score (nSPS) is 15.2. The number of hydrogen-bond donors (Lipinski definition) is 2. The first-order chi connectivity index (χ1) is 5.93. The highest BCUT2D eigenvalue weighted by Crippen LogP contribution is 1.97. The highest BCUT2D eigenvalue weighted by Gasteiger charge is 2.10. The van der Waals surface area contributed by atoms with Gasteiger partial charge in [-0.15, -0.1) is 0 Å². The van der Waals surface area contributed by atoms with E-state index in [0.717, 1.165) is 0 Å². The van der Waals surface area contributed by atoms with Gasteiger partial charge in [-0.1, -0.05) is 0 Å². The van der Waals surface area contributed by atoms with Crippen molar-refractivity contribution in [2.45, 2.75) is 38.8 Å². The van der Waals surface area contributed by atoms with Crippen molar-refractivity contribution in [3.05, 3.63) is 0 Å². The molecule has 0 fully saturated rings. The Morgan fingerprint density at radius 2 is 2.08 bits per heavy atom. The van der Waals surface area contributed by atoms with Crippen LogP contribution in [0.3, 0.4) is 0 Å². The summed E-state index contributed by atoms with van der Waals surface area (Å²) < 4.78 is 0. The molecule has 3 N–H and O–H groups in total. The summed E-state index contributed by atoms with van der Waals surface area (Å²) in [4.78, 5) is 12.9. The maximum Gasteiger partial charge on any atom is 0.223 e. The zero-order valence-electron chi connectivity index (χ0n) is 8.66. The number of carbonyl (C=O) groups is 1. The van der Waals surface area contributed by atoms with Crippen molar-refractivity contribution in [3.63, 3.8) is 0 Å². The van der Waals surface area contributed by atoms with Crippen LogP contribution in [0, 0.1) is 0 Å². The number of aliphatic hydroxyl groups excluding tert-OH is 1. The summed E-state index contributed by atoms with van der Waals surface area (Å²) in [6, 6.07) is -0.0958. The molecule has 0 heterocycles. The molecule has 4 nitrogen and oxygen atoms in total. The third-order valence-corrected chi connectivity index (χ3v) is 1.80. The van der Waals surface area contributed by atoms with Crippen LogP contribution in [-0.4, -0.2) is 41.7 Å². The van der Waals surface area contributed by atoms with Crippen LogP contribution in [0.4, 0.5) is 0 Å². The van der Waals surface area contributed by atoms with Gasteiger partial charge in [-0.05, 0) is 20.3 Å². The Bertz CT molecular complexity index is 158. The molecule has 1 amide bonds. The van der Waals surface area contributed by atoms with E-state index >= 15 is 0 Å². The quantitative estimate of drug-likeness (QED) is 0.636. The van der Waals surface area contributed by atoms with E-state index in [2.05, 4.69) is 0 Å². The van der Waals surface area contributed by atoms with E-state index in [0.29, 0.717) is 19.4 Å². The predicted molar refractivity (Wildman–Crippen MR) is 52.2 cm³/mol. The fourth-order valence-electron chi connectivity index (χ4n) is 0.936. The number of rotatable bonds is 5. The molecule has 0 aromatic heterocycles. The molecular weight excluding hydrogens is 168 g/mol. The maximum atomic E-state index is 11.3. The van der Waals surface area contributed by atoms with Crippen LogP contribution in [0.1, 0.15) is 26.7 Å². The number of amides is 1. The first-order valence-electron chi connectivity index (χ1n) is 4.61. The number of nitrogens with zero attached hydrogens (tertiary/aromatic N) is 1. The average Bonchev–Trinajstić information content (AvgIpc) is 1.98. The lowest BCUT2D eigenvalue weighted by Crippen LogP contribution is -2.33. The third-order valence-electron chi connectivity index (χ3n) is 1.80. The van der Waals surface area contributed by atoms with Gasteiger partial charge in [0, 0.05) is 26.1 Å².